The molecule has 2 heterocycles. The Labute approximate surface area is 128 Å². The molecule has 6 nitrogen and oxygen atoms in total. The van der Waals surface area contributed by atoms with Crippen molar-refractivity contribution in [3.8, 4) is 0 Å². The van der Waals surface area contributed by atoms with Gasteiger partial charge in [-0.3, -0.25) is 4.72 Å². The van der Waals surface area contributed by atoms with E-state index in [1.54, 1.807) is 12.3 Å². The number of nitrogens with zero attached hydrogens (tertiary/aromatic N) is 2. The van der Waals surface area contributed by atoms with Crippen molar-refractivity contribution in [3.05, 3.63) is 29.0 Å². The molecule has 2 aromatic heterocycles. The van der Waals surface area contributed by atoms with Crippen molar-refractivity contribution in [1.29, 1.82) is 0 Å². The lowest BCUT2D eigenvalue weighted by Gasteiger charge is -2.03. The lowest BCUT2D eigenvalue weighted by molar-refractivity contribution is 0.601. The monoisotopic (exact) mass is 326 g/mol. The summed E-state index contributed by atoms with van der Waals surface area (Å²) < 4.78 is 29.1. The number of nitrogens with one attached hydrogen (secondary N) is 2. The first kappa shape index (κ1) is 14.6. The zero-order valence-electron chi connectivity index (χ0n) is 12.0. The van der Waals surface area contributed by atoms with E-state index in [0.717, 1.165) is 11.4 Å². The maximum absolute atomic E-state index is 12.3. The summed E-state index contributed by atoms with van der Waals surface area (Å²) in [5.74, 6) is 0. The average Bonchev–Trinajstić information content (AvgIpc) is 3.04. The summed E-state index contributed by atoms with van der Waals surface area (Å²) in [6, 6.07) is 2.30. The third kappa shape index (κ3) is 3.45. The van der Waals surface area contributed by atoms with Gasteiger partial charge in [0, 0.05) is 36.9 Å². The van der Waals surface area contributed by atoms with Gasteiger partial charge in [-0.1, -0.05) is 0 Å². The summed E-state index contributed by atoms with van der Waals surface area (Å²) in [5, 5.41) is 5.60. The Kier molecular flexibility index (Phi) is 3.76. The Morgan fingerprint density at radius 2 is 2.24 bits per heavy atom. The Bertz CT molecular complexity index is 744. The third-order valence-corrected chi connectivity index (χ3v) is 5.69. The van der Waals surface area contributed by atoms with E-state index in [1.165, 1.54) is 24.2 Å². The van der Waals surface area contributed by atoms with Gasteiger partial charge < -0.3 is 9.88 Å². The van der Waals surface area contributed by atoms with E-state index < -0.39 is 10.0 Å². The largest absolute Gasteiger partial charge is 0.352 e. The molecule has 0 atom stereocenters. The zero-order chi connectivity index (χ0) is 15.0. The molecule has 8 heteroatoms. The van der Waals surface area contributed by atoms with Gasteiger partial charge in [-0.05, 0) is 25.8 Å². The van der Waals surface area contributed by atoms with E-state index in [9.17, 15) is 8.42 Å². The number of hydrogen-bond acceptors (Lipinski definition) is 5. The van der Waals surface area contributed by atoms with Crippen LogP contribution in [0, 0.1) is 6.92 Å². The quantitative estimate of drug-likeness (QED) is 0.849. The van der Waals surface area contributed by atoms with Crippen LogP contribution in [-0.2, 0) is 23.6 Å². The van der Waals surface area contributed by atoms with Crippen molar-refractivity contribution in [2.75, 3.05) is 4.72 Å². The highest BCUT2D eigenvalue weighted by atomic mass is 32.2. The summed E-state index contributed by atoms with van der Waals surface area (Å²) in [5.41, 5.74) is 1.76. The zero-order valence-corrected chi connectivity index (χ0v) is 13.6. The summed E-state index contributed by atoms with van der Waals surface area (Å²) in [6.07, 6.45) is 4.05. The summed E-state index contributed by atoms with van der Waals surface area (Å²) in [7, 11) is -1.72. The molecule has 2 N–H and O–H groups in total. The second kappa shape index (κ2) is 5.43. The molecule has 3 rings (SSSR count). The van der Waals surface area contributed by atoms with Crippen molar-refractivity contribution in [2.24, 2.45) is 7.05 Å². The van der Waals surface area contributed by atoms with Crippen LogP contribution in [0.25, 0.3) is 0 Å². The average molecular weight is 326 g/mol. The lowest BCUT2D eigenvalue weighted by Crippen LogP contribution is -2.17. The smallest absolute Gasteiger partial charge is 0.265 e. The highest BCUT2D eigenvalue weighted by Crippen LogP contribution is 2.22. The van der Waals surface area contributed by atoms with Gasteiger partial charge in [-0.25, -0.2) is 13.4 Å². The Hall–Kier alpha value is -1.38. The Morgan fingerprint density at radius 1 is 1.48 bits per heavy atom. The summed E-state index contributed by atoms with van der Waals surface area (Å²) in [6.45, 7) is 2.52. The van der Waals surface area contributed by atoms with Gasteiger partial charge in [0.2, 0.25) is 0 Å². The number of hydrogen-bond donors (Lipinski definition) is 2. The first-order chi connectivity index (χ1) is 9.94. The fourth-order valence-electron chi connectivity index (χ4n) is 2.01. The maximum Gasteiger partial charge on any atom is 0.265 e. The van der Waals surface area contributed by atoms with Gasteiger partial charge in [-0.15, -0.1) is 11.3 Å². The second-order valence-corrected chi connectivity index (χ2v) is 7.87. The first-order valence-electron chi connectivity index (χ1n) is 6.77. The Morgan fingerprint density at radius 3 is 2.86 bits per heavy atom. The van der Waals surface area contributed by atoms with Gasteiger partial charge in [-0.2, -0.15) is 0 Å². The minimum Gasteiger partial charge on any atom is -0.352 e. The molecule has 114 valence electrons. The maximum atomic E-state index is 12.3. The number of aromatic nitrogens is 2. The molecule has 0 radical (unpaired) electrons. The molecule has 1 aliphatic carbocycles. The van der Waals surface area contributed by atoms with Gasteiger partial charge in [0.25, 0.3) is 10.0 Å². The van der Waals surface area contributed by atoms with Gasteiger partial charge >= 0.3 is 0 Å². The minimum absolute atomic E-state index is 0.269. The summed E-state index contributed by atoms with van der Waals surface area (Å²) >= 11 is 1.28. The predicted octanol–water partition coefficient (Wildman–Crippen LogP) is 1.84. The molecule has 0 saturated heterocycles. The molecule has 0 spiro atoms. The molecule has 1 fully saturated rings. The highest BCUT2D eigenvalue weighted by Gasteiger charge is 2.22. The van der Waals surface area contributed by atoms with Crippen molar-refractivity contribution in [1.82, 2.24) is 14.9 Å². The normalized spacial score (nSPS) is 15.3. The molecule has 21 heavy (non-hydrogen) atoms. The van der Waals surface area contributed by atoms with Crippen molar-refractivity contribution < 1.29 is 8.42 Å². The van der Waals surface area contributed by atoms with Crippen LogP contribution in [0.5, 0.6) is 0 Å². The van der Waals surface area contributed by atoms with Crippen LogP contribution in [0.3, 0.4) is 0 Å². The topological polar surface area (TPSA) is 76.0 Å². The van der Waals surface area contributed by atoms with Crippen molar-refractivity contribution in [2.45, 2.75) is 37.2 Å². The molecule has 0 amide bonds. The number of thiazole rings is 1. The molecule has 0 unspecified atom stereocenters. The van der Waals surface area contributed by atoms with Crippen LogP contribution >= 0.6 is 11.3 Å². The third-order valence-electron chi connectivity index (χ3n) is 3.38. The highest BCUT2D eigenvalue weighted by molar-refractivity contribution is 7.93. The number of sulfonamides is 1. The van der Waals surface area contributed by atoms with E-state index in [4.69, 9.17) is 0 Å². The van der Waals surface area contributed by atoms with Crippen molar-refractivity contribution >= 4 is 26.5 Å². The molecular weight excluding hydrogens is 308 g/mol. The Balaban J connectivity index is 1.76. The molecule has 0 aromatic carbocycles. The van der Waals surface area contributed by atoms with E-state index in [2.05, 4.69) is 15.0 Å². The van der Waals surface area contributed by atoms with Crippen LogP contribution in [-0.4, -0.2) is 24.0 Å². The molecule has 1 saturated carbocycles. The number of rotatable bonds is 6. The fourth-order valence-corrected chi connectivity index (χ4v) is 4.05. The number of aryl methyl sites for hydroxylation is 2. The van der Waals surface area contributed by atoms with E-state index in [1.807, 2.05) is 23.9 Å². The van der Waals surface area contributed by atoms with Crippen LogP contribution < -0.4 is 10.0 Å². The van der Waals surface area contributed by atoms with Crippen LogP contribution in [0.2, 0.25) is 0 Å². The van der Waals surface area contributed by atoms with Gasteiger partial charge in [0.15, 0.2) is 5.13 Å². The number of anilines is 1. The molecule has 0 aliphatic heterocycles. The van der Waals surface area contributed by atoms with Crippen LogP contribution in [0.1, 0.15) is 24.2 Å². The fraction of sp³-hybridized carbons (Fsp3) is 0.462. The van der Waals surface area contributed by atoms with Gasteiger partial charge in [0.05, 0.1) is 5.69 Å². The van der Waals surface area contributed by atoms with E-state index in [-0.39, 0.29) is 4.90 Å². The molecular formula is C13H18N4O2S2. The van der Waals surface area contributed by atoms with E-state index >= 15 is 0 Å². The molecule has 1 aliphatic rings. The summed E-state index contributed by atoms with van der Waals surface area (Å²) in [4.78, 5) is 4.40. The van der Waals surface area contributed by atoms with E-state index in [0.29, 0.717) is 17.7 Å². The second-order valence-electron chi connectivity index (χ2n) is 5.33. The van der Waals surface area contributed by atoms with Crippen LogP contribution in [0.15, 0.2) is 22.5 Å². The standard InChI is InChI=1S/C13H18N4O2S2/c1-9-8-20-13(15-9)16-21(18,19)12-5-11(17(2)7-12)6-14-10-3-4-10/h5,7-8,10,14H,3-4,6H2,1-2H3,(H,15,16). The molecule has 2 aromatic rings. The van der Waals surface area contributed by atoms with Crippen molar-refractivity contribution in [3.63, 3.8) is 0 Å². The first-order valence-corrected chi connectivity index (χ1v) is 9.14. The lowest BCUT2D eigenvalue weighted by atomic mass is 10.4. The van der Waals surface area contributed by atoms with Crippen LogP contribution in [0.4, 0.5) is 5.13 Å². The molecule has 0 bridgehead atoms. The SMILES string of the molecule is Cc1csc(NS(=O)(=O)c2cc(CNC3CC3)n(C)c2)n1. The van der Waals surface area contributed by atoms with Gasteiger partial charge in [0.1, 0.15) is 4.90 Å². The predicted molar refractivity (Wildman–Crippen MR) is 82.9 cm³/mol. The minimum atomic E-state index is -3.58.